The summed E-state index contributed by atoms with van der Waals surface area (Å²) >= 11 is 1.77. The van der Waals surface area contributed by atoms with Crippen LogP contribution < -0.4 is 0 Å². The highest BCUT2D eigenvalue weighted by Gasteiger charge is 2.12. The van der Waals surface area contributed by atoms with Gasteiger partial charge in [0, 0.05) is 13.2 Å². The molecule has 0 aromatic heterocycles. The maximum absolute atomic E-state index is 5.65. The first-order valence-corrected chi connectivity index (χ1v) is 7.41. The maximum Gasteiger partial charge on any atom is 0.486 e. The van der Waals surface area contributed by atoms with Crippen LogP contribution in [0.5, 0.6) is 0 Å². The Morgan fingerprint density at radius 1 is 1.00 bits per heavy atom. The van der Waals surface area contributed by atoms with Crippen molar-refractivity contribution < 1.29 is 9.31 Å². The van der Waals surface area contributed by atoms with Crippen LogP contribution in [0, 0.1) is 0 Å². The van der Waals surface area contributed by atoms with E-state index in [0.717, 1.165) is 44.6 Å². The fraction of sp³-hybridized carbons (Fsp3) is 0.833. The molecule has 0 fully saturated rings. The third-order valence-corrected chi connectivity index (χ3v) is 2.74. The molecule has 0 saturated carbocycles. The van der Waals surface area contributed by atoms with E-state index in [2.05, 4.69) is 26.2 Å². The van der Waals surface area contributed by atoms with Crippen LogP contribution in [0.15, 0.2) is 11.4 Å². The van der Waals surface area contributed by atoms with Crippen LogP contribution in [0.25, 0.3) is 0 Å². The van der Waals surface area contributed by atoms with Gasteiger partial charge in [0.05, 0.1) is 0 Å². The van der Waals surface area contributed by atoms with Crippen molar-refractivity contribution in [3.05, 3.63) is 11.4 Å². The molecule has 0 N–H and O–H groups in total. The van der Waals surface area contributed by atoms with Crippen molar-refractivity contribution in [3.8, 4) is 0 Å². The van der Waals surface area contributed by atoms with E-state index in [1.165, 1.54) is 0 Å². The lowest BCUT2D eigenvalue weighted by Gasteiger charge is -2.10. The van der Waals surface area contributed by atoms with E-state index in [4.69, 9.17) is 9.31 Å². The predicted octanol–water partition coefficient (Wildman–Crippen LogP) is 3.91. The molecule has 0 radical (unpaired) electrons. The van der Waals surface area contributed by atoms with Gasteiger partial charge >= 0.3 is 7.12 Å². The smallest absolute Gasteiger partial charge is 0.408 e. The van der Waals surface area contributed by atoms with Gasteiger partial charge < -0.3 is 9.31 Å². The van der Waals surface area contributed by atoms with Gasteiger partial charge in [-0.2, -0.15) is 0 Å². The Labute approximate surface area is 105 Å². The van der Waals surface area contributed by atoms with Crippen LogP contribution in [-0.4, -0.2) is 26.1 Å². The minimum absolute atomic E-state index is 0.155. The van der Waals surface area contributed by atoms with Crippen LogP contribution in [-0.2, 0) is 9.31 Å². The Kier molecular flexibility index (Phi) is 13.2. The normalized spacial score (nSPS) is 11.2. The molecule has 0 saturated heterocycles. The summed E-state index contributed by atoms with van der Waals surface area (Å²) in [6, 6.07) is 0. The molecule has 0 aromatic rings. The Morgan fingerprint density at radius 3 is 2.00 bits per heavy atom. The number of hydrogen-bond donors (Lipinski definition) is 0. The van der Waals surface area contributed by atoms with Crippen LogP contribution >= 0.6 is 11.8 Å². The first kappa shape index (κ1) is 16.1. The Bertz CT molecular complexity index is 155. The zero-order chi connectivity index (χ0) is 12.1. The SMILES string of the molecule is CCCCOB(/C=C\SCC)OCCCC. The van der Waals surface area contributed by atoms with E-state index in [1.807, 2.05) is 5.98 Å². The number of rotatable bonds is 11. The zero-order valence-corrected chi connectivity index (χ0v) is 11.7. The van der Waals surface area contributed by atoms with Gasteiger partial charge in [-0.3, -0.25) is 0 Å². The monoisotopic (exact) mass is 244 g/mol. The lowest BCUT2D eigenvalue weighted by molar-refractivity contribution is 0.201. The third kappa shape index (κ3) is 10.6. The molecule has 0 bridgehead atoms. The lowest BCUT2D eigenvalue weighted by Crippen LogP contribution is -2.22. The van der Waals surface area contributed by atoms with E-state index >= 15 is 0 Å². The van der Waals surface area contributed by atoms with Crippen molar-refractivity contribution in [1.29, 1.82) is 0 Å². The zero-order valence-electron chi connectivity index (χ0n) is 10.9. The van der Waals surface area contributed by atoms with E-state index in [-0.39, 0.29) is 7.12 Å². The molecule has 0 rings (SSSR count). The highest BCUT2D eigenvalue weighted by Crippen LogP contribution is 2.04. The fourth-order valence-electron chi connectivity index (χ4n) is 1.06. The van der Waals surface area contributed by atoms with Crippen LogP contribution in [0.4, 0.5) is 0 Å². The van der Waals surface area contributed by atoms with Gasteiger partial charge in [-0.15, -0.1) is 11.8 Å². The Morgan fingerprint density at radius 2 is 1.56 bits per heavy atom. The van der Waals surface area contributed by atoms with Gasteiger partial charge in [-0.1, -0.05) is 33.6 Å². The van der Waals surface area contributed by atoms with E-state index in [1.54, 1.807) is 11.8 Å². The van der Waals surface area contributed by atoms with Gasteiger partial charge in [0.25, 0.3) is 0 Å². The standard InChI is InChI=1S/C12H25BO2S/c1-4-7-10-14-13(9-12-16-6-3)15-11-8-5-2/h9,12H,4-8,10-11H2,1-3H3/b12-9-. The molecule has 0 aliphatic heterocycles. The van der Waals surface area contributed by atoms with Gasteiger partial charge in [0.1, 0.15) is 0 Å². The number of hydrogen-bond acceptors (Lipinski definition) is 3. The highest BCUT2D eigenvalue weighted by atomic mass is 32.2. The molecule has 0 unspecified atom stereocenters. The van der Waals surface area contributed by atoms with Crippen LogP contribution in [0.3, 0.4) is 0 Å². The van der Waals surface area contributed by atoms with Crippen molar-refractivity contribution in [2.75, 3.05) is 19.0 Å². The molecule has 2 nitrogen and oxygen atoms in total. The summed E-state index contributed by atoms with van der Waals surface area (Å²) < 4.78 is 11.3. The second kappa shape index (κ2) is 13.1. The number of unbranched alkanes of at least 4 members (excludes halogenated alkanes) is 2. The molecule has 16 heavy (non-hydrogen) atoms. The molecule has 4 heteroatoms. The molecule has 94 valence electrons. The lowest BCUT2D eigenvalue weighted by atomic mass is 9.91. The van der Waals surface area contributed by atoms with Crippen molar-refractivity contribution in [3.63, 3.8) is 0 Å². The molecule has 0 atom stereocenters. The molecular weight excluding hydrogens is 219 g/mol. The van der Waals surface area contributed by atoms with Gasteiger partial charge in [0.2, 0.25) is 0 Å². The number of thioether (sulfide) groups is 1. The van der Waals surface area contributed by atoms with E-state index in [9.17, 15) is 0 Å². The average Bonchev–Trinajstić information content (AvgIpc) is 2.29. The molecule has 0 aliphatic rings. The van der Waals surface area contributed by atoms with E-state index in [0.29, 0.717) is 0 Å². The van der Waals surface area contributed by atoms with Gasteiger partial charge in [0.15, 0.2) is 0 Å². The van der Waals surface area contributed by atoms with Crippen molar-refractivity contribution >= 4 is 18.9 Å². The molecule has 0 aromatic carbocycles. The summed E-state index contributed by atoms with van der Waals surface area (Å²) in [5, 5.41) is 2.07. The average molecular weight is 244 g/mol. The summed E-state index contributed by atoms with van der Waals surface area (Å²) in [5.74, 6) is 3.10. The molecule has 0 amide bonds. The largest absolute Gasteiger partial charge is 0.486 e. The summed E-state index contributed by atoms with van der Waals surface area (Å²) in [5.41, 5.74) is 0. The fourth-order valence-corrected chi connectivity index (χ4v) is 1.49. The minimum Gasteiger partial charge on any atom is -0.408 e. The summed E-state index contributed by atoms with van der Waals surface area (Å²) in [6.45, 7) is 8.04. The van der Waals surface area contributed by atoms with Crippen LogP contribution in [0.2, 0.25) is 0 Å². The Balaban J connectivity index is 3.75. The predicted molar refractivity (Wildman–Crippen MR) is 74.7 cm³/mol. The second-order valence-electron chi connectivity index (χ2n) is 3.60. The molecule has 0 spiro atoms. The molecule has 0 heterocycles. The second-order valence-corrected chi connectivity index (χ2v) is 4.78. The first-order valence-electron chi connectivity index (χ1n) is 6.36. The summed E-state index contributed by atoms with van der Waals surface area (Å²) in [6.07, 6.45) is 4.52. The summed E-state index contributed by atoms with van der Waals surface area (Å²) in [7, 11) is -0.155. The summed E-state index contributed by atoms with van der Waals surface area (Å²) in [4.78, 5) is 0. The van der Waals surface area contributed by atoms with Gasteiger partial charge in [-0.25, -0.2) is 0 Å². The maximum atomic E-state index is 5.65. The first-order chi connectivity index (χ1) is 7.85. The third-order valence-electron chi connectivity index (χ3n) is 2.06. The van der Waals surface area contributed by atoms with E-state index < -0.39 is 0 Å². The van der Waals surface area contributed by atoms with Crippen LogP contribution in [0.1, 0.15) is 46.5 Å². The van der Waals surface area contributed by atoms with Crippen molar-refractivity contribution in [2.24, 2.45) is 0 Å². The van der Waals surface area contributed by atoms with Gasteiger partial charge in [-0.05, 0) is 30.0 Å². The Hall–Kier alpha value is 0.0749. The molecule has 0 aliphatic carbocycles. The highest BCUT2D eigenvalue weighted by molar-refractivity contribution is 8.02. The minimum atomic E-state index is -0.155. The quantitative estimate of drug-likeness (QED) is 0.405. The van der Waals surface area contributed by atoms with Crippen molar-refractivity contribution in [1.82, 2.24) is 0 Å². The molecular formula is C12H25BO2S. The van der Waals surface area contributed by atoms with Crippen molar-refractivity contribution in [2.45, 2.75) is 46.5 Å². The topological polar surface area (TPSA) is 18.5 Å².